The summed E-state index contributed by atoms with van der Waals surface area (Å²) in [7, 11) is 3.02. The van der Waals surface area contributed by atoms with E-state index in [1.165, 1.54) is 7.11 Å². The molecule has 0 fully saturated rings. The maximum absolute atomic E-state index is 11.2. The number of aromatic nitrogens is 2. The van der Waals surface area contributed by atoms with E-state index in [-0.39, 0.29) is 18.4 Å². The Balaban J connectivity index is 0.00000220. The van der Waals surface area contributed by atoms with E-state index in [0.29, 0.717) is 25.9 Å². The number of esters is 1. The van der Waals surface area contributed by atoms with Crippen LogP contribution in [0.4, 0.5) is 0 Å². The van der Waals surface area contributed by atoms with Crippen LogP contribution in [-0.2, 0) is 22.6 Å². The lowest BCUT2D eigenvalue weighted by Gasteiger charge is -2.07. The number of nitrogens with two attached hydrogens (primary N) is 1. The molecule has 21 heavy (non-hydrogen) atoms. The maximum atomic E-state index is 11.2. The van der Waals surface area contributed by atoms with E-state index in [9.17, 15) is 4.79 Å². The lowest BCUT2D eigenvalue weighted by atomic mass is 10.2. The quantitative estimate of drug-likeness (QED) is 0.824. The number of hydrogen-bond acceptors (Lipinski definition) is 5. The molecule has 2 N–H and O–H groups in total. The number of carbonyl (C=O) groups is 1. The third-order valence-corrected chi connectivity index (χ3v) is 3.21. The Morgan fingerprint density at radius 1 is 1.38 bits per heavy atom. The molecule has 0 atom stereocenters. The highest BCUT2D eigenvalue weighted by Crippen LogP contribution is 2.22. The molecule has 0 aliphatic rings. The average Bonchev–Trinajstić information content (AvgIpc) is 2.84. The van der Waals surface area contributed by atoms with Gasteiger partial charge in [0.2, 0.25) is 0 Å². The number of halogens is 1. The van der Waals surface area contributed by atoms with Crippen molar-refractivity contribution in [3.63, 3.8) is 0 Å². The molecule has 0 aliphatic carbocycles. The van der Waals surface area contributed by atoms with E-state index in [1.54, 1.807) is 7.11 Å². The van der Waals surface area contributed by atoms with Crippen LogP contribution in [0.5, 0.6) is 5.75 Å². The van der Waals surface area contributed by atoms with Crippen LogP contribution in [0.15, 0.2) is 18.2 Å². The van der Waals surface area contributed by atoms with E-state index >= 15 is 0 Å². The standard InChI is InChI=1S/C14H19N3O3.ClH/c1-19-10-5-6-12-11(8-10)16-13(9-15)17(12)7-3-4-14(18)20-2;/h5-6,8H,3-4,7,9,15H2,1-2H3;1H. The Bertz CT molecular complexity index is 613. The van der Waals surface area contributed by atoms with E-state index in [1.807, 2.05) is 22.8 Å². The predicted molar refractivity (Wildman–Crippen MR) is 82.7 cm³/mol. The van der Waals surface area contributed by atoms with Crippen LogP contribution in [0.25, 0.3) is 11.0 Å². The van der Waals surface area contributed by atoms with Gasteiger partial charge in [-0.3, -0.25) is 4.79 Å². The van der Waals surface area contributed by atoms with Crippen LogP contribution in [-0.4, -0.2) is 29.7 Å². The second-order valence-corrected chi connectivity index (χ2v) is 4.42. The molecule has 0 unspecified atom stereocenters. The molecule has 1 aromatic heterocycles. The third kappa shape index (κ3) is 3.86. The van der Waals surface area contributed by atoms with Crippen molar-refractivity contribution in [1.29, 1.82) is 0 Å². The predicted octanol–water partition coefficient (Wildman–Crippen LogP) is 1.88. The van der Waals surface area contributed by atoms with E-state index < -0.39 is 0 Å². The summed E-state index contributed by atoms with van der Waals surface area (Å²) in [6.07, 6.45) is 1.08. The van der Waals surface area contributed by atoms with Crippen molar-refractivity contribution in [3.05, 3.63) is 24.0 Å². The molecular formula is C14H20ClN3O3. The Kier molecular flexibility index (Phi) is 6.45. The first-order chi connectivity index (χ1) is 9.69. The summed E-state index contributed by atoms with van der Waals surface area (Å²) in [5, 5.41) is 0. The monoisotopic (exact) mass is 313 g/mol. The molecule has 0 bridgehead atoms. The molecule has 0 aliphatic heterocycles. The Morgan fingerprint density at radius 3 is 2.76 bits per heavy atom. The molecule has 0 saturated heterocycles. The van der Waals surface area contributed by atoms with Gasteiger partial charge in [-0.05, 0) is 18.6 Å². The van der Waals surface area contributed by atoms with Crippen LogP contribution >= 0.6 is 12.4 Å². The molecule has 6 nitrogen and oxygen atoms in total. The number of benzene rings is 1. The fraction of sp³-hybridized carbons (Fsp3) is 0.429. The molecule has 2 rings (SSSR count). The molecule has 1 aromatic carbocycles. The molecule has 1 heterocycles. The van der Waals surface area contributed by atoms with Crippen LogP contribution in [0, 0.1) is 0 Å². The number of carbonyl (C=O) groups excluding carboxylic acids is 1. The Labute approximate surface area is 129 Å². The van der Waals surface area contributed by atoms with Crippen molar-refractivity contribution >= 4 is 29.4 Å². The highest BCUT2D eigenvalue weighted by atomic mass is 35.5. The normalized spacial score (nSPS) is 10.2. The first-order valence-corrected chi connectivity index (χ1v) is 6.49. The van der Waals surface area contributed by atoms with Crippen molar-refractivity contribution in [2.24, 2.45) is 5.73 Å². The summed E-state index contributed by atoms with van der Waals surface area (Å²) in [5.41, 5.74) is 7.58. The van der Waals surface area contributed by atoms with Gasteiger partial charge in [0.05, 0.1) is 31.8 Å². The number of imidazole rings is 1. The molecule has 0 saturated carbocycles. The number of fused-ring (bicyclic) bond motifs is 1. The maximum Gasteiger partial charge on any atom is 0.305 e. The highest BCUT2D eigenvalue weighted by Gasteiger charge is 2.11. The van der Waals surface area contributed by atoms with Gasteiger partial charge in [0.1, 0.15) is 11.6 Å². The number of nitrogens with zero attached hydrogens (tertiary/aromatic N) is 2. The number of methoxy groups -OCH3 is 2. The zero-order valence-electron chi connectivity index (χ0n) is 12.2. The van der Waals surface area contributed by atoms with Crippen LogP contribution in [0.1, 0.15) is 18.7 Å². The molecule has 116 valence electrons. The molecule has 0 amide bonds. The van der Waals surface area contributed by atoms with Crippen molar-refractivity contribution in [3.8, 4) is 5.75 Å². The summed E-state index contributed by atoms with van der Waals surface area (Å²) >= 11 is 0. The topological polar surface area (TPSA) is 79.4 Å². The van der Waals surface area contributed by atoms with E-state index in [2.05, 4.69) is 9.72 Å². The Morgan fingerprint density at radius 2 is 2.14 bits per heavy atom. The smallest absolute Gasteiger partial charge is 0.305 e. The van der Waals surface area contributed by atoms with Gasteiger partial charge in [0.25, 0.3) is 0 Å². The summed E-state index contributed by atoms with van der Waals surface area (Å²) in [6.45, 7) is 1.04. The molecule has 0 spiro atoms. The van der Waals surface area contributed by atoms with Gasteiger partial charge in [0, 0.05) is 19.0 Å². The van der Waals surface area contributed by atoms with Crippen molar-refractivity contribution in [2.45, 2.75) is 25.9 Å². The largest absolute Gasteiger partial charge is 0.497 e. The average molecular weight is 314 g/mol. The van der Waals surface area contributed by atoms with Gasteiger partial charge < -0.3 is 19.8 Å². The number of ether oxygens (including phenoxy) is 2. The number of rotatable bonds is 6. The van der Waals surface area contributed by atoms with Crippen LogP contribution in [0.2, 0.25) is 0 Å². The van der Waals surface area contributed by atoms with Crippen molar-refractivity contribution < 1.29 is 14.3 Å². The molecule has 0 radical (unpaired) electrons. The first kappa shape index (κ1) is 17.3. The van der Waals surface area contributed by atoms with Gasteiger partial charge in [0.15, 0.2) is 0 Å². The zero-order chi connectivity index (χ0) is 14.5. The zero-order valence-corrected chi connectivity index (χ0v) is 13.0. The number of hydrogen-bond donors (Lipinski definition) is 1. The van der Waals surface area contributed by atoms with Gasteiger partial charge in [-0.15, -0.1) is 12.4 Å². The molecule has 7 heteroatoms. The third-order valence-electron chi connectivity index (χ3n) is 3.21. The van der Waals surface area contributed by atoms with Gasteiger partial charge >= 0.3 is 5.97 Å². The van der Waals surface area contributed by atoms with Gasteiger partial charge in [-0.25, -0.2) is 4.98 Å². The van der Waals surface area contributed by atoms with Gasteiger partial charge in [-0.2, -0.15) is 0 Å². The van der Waals surface area contributed by atoms with Crippen LogP contribution in [0.3, 0.4) is 0 Å². The minimum atomic E-state index is -0.203. The lowest BCUT2D eigenvalue weighted by Crippen LogP contribution is -2.10. The minimum absolute atomic E-state index is 0. The first-order valence-electron chi connectivity index (χ1n) is 6.49. The summed E-state index contributed by atoms with van der Waals surface area (Å²) in [5.74, 6) is 1.36. The summed E-state index contributed by atoms with van der Waals surface area (Å²) < 4.78 is 11.9. The SMILES string of the molecule is COC(=O)CCCn1c(CN)nc2cc(OC)ccc21.Cl. The van der Waals surface area contributed by atoms with E-state index in [0.717, 1.165) is 22.6 Å². The second-order valence-electron chi connectivity index (χ2n) is 4.42. The van der Waals surface area contributed by atoms with Crippen molar-refractivity contribution in [1.82, 2.24) is 9.55 Å². The van der Waals surface area contributed by atoms with Crippen LogP contribution < -0.4 is 10.5 Å². The fourth-order valence-electron chi connectivity index (χ4n) is 2.18. The summed E-state index contributed by atoms with van der Waals surface area (Å²) in [4.78, 5) is 15.7. The van der Waals surface area contributed by atoms with Gasteiger partial charge in [-0.1, -0.05) is 0 Å². The molecular weight excluding hydrogens is 294 g/mol. The van der Waals surface area contributed by atoms with Crippen molar-refractivity contribution in [2.75, 3.05) is 14.2 Å². The number of aryl methyl sites for hydroxylation is 1. The highest BCUT2D eigenvalue weighted by molar-refractivity contribution is 5.85. The lowest BCUT2D eigenvalue weighted by molar-refractivity contribution is -0.140. The molecule has 2 aromatic rings. The minimum Gasteiger partial charge on any atom is -0.497 e. The van der Waals surface area contributed by atoms with E-state index in [4.69, 9.17) is 10.5 Å². The Hall–Kier alpha value is -1.79. The fourth-order valence-corrected chi connectivity index (χ4v) is 2.18. The summed E-state index contributed by atoms with van der Waals surface area (Å²) in [6, 6.07) is 5.73. The second kappa shape index (κ2) is 7.85.